The van der Waals surface area contributed by atoms with Crippen molar-refractivity contribution in [1.29, 1.82) is 0 Å². The van der Waals surface area contributed by atoms with E-state index in [-0.39, 0.29) is 11.7 Å². The summed E-state index contributed by atoms with van der Waals surface area (Å²) >= 11 is 1.66. The number of nitrogens with zero attached hydrogens (tertiary/aromatic N) is 1. The minimum Gasteiger partial charge on any atom is -0.355 e. The lowest BCUT2D eigenvalue weighted by atomic mass is 10.1. The molecule has 0 bridgehead atoms. The first-order valence-electron chi connectivity index (χ1n) is 8.59. The summed E-state index contributed by atoms with van der Waals surface area (Å²) in [6.45, 7) is 1.08. The molecule has 0 aliphatic carbocycles. The van der Waals surface area contributed by atoms with Crippen LogP contribution in [0.4, 0.5) is 4.39 Å². The largest absolute Gasteiger partial charge is 0.355 e. The Hall–Kier alpha value is -2.54. The van der Waals surface area contributed by atoms with E-state index in [2.05, 4.69) is 20.9 Å². The van der Waals surface area contributed by atoms with Crippen molar-refractivity contribution in [3.8, 4) is 0 Å². The van der Waals surface area contributed by atoms with Gasteiger partial charge in [-0.15, -0.1) is 0 Å². The SMILES string of the molecule is CN=C(NCc1cccc(C(=O)NC)c1)NCc1ccc(F)cc1CSC. The number of hydrogen-bond acceptors (Lipinski definition) is 3. The van der Waals surface area contributed by atoms with Crippen LogP contribution in [-0.2, 0) is 18.8 Å². The fourth-order valence-electron chi connectivity index (χ4n) is 2.61. The molecule has 0 aliphatic rings. The highest BCUT2D eigenvalue weighted by Crippen LogP contribution is 2.16. The second-order valence-corrected chi connectivity index (χ2v) is 6.77. The molecule has 2 rings (SSSR count). The predicted octanol–water partition coefficient (Wildman–Crippen LogP) is 2.91. The number of hydrogen-bond donors (Lipinski definition) is 3. The summed E-state index contributed by atoms with van der Waals surface area (Å²) in [7, 11) is 3.31. The van der Waals surface area contributed by atoms with Crippen LogP contribution in [-0.4, -0.2) is 32.2 Å². The van der Waals surface area contributed by atoms with Gasteiger partial charge in [0.15, 0.2) is 5.96 Å². The van der Waals surface area contributed by atoms with Crippen molar-refractivity contribution in [3.63, 3.8) is 0 Å². The monoisotopic (exact) mass is 388 g/mol. The molecule has 0 radical (unpaired) electrons. The van der Waals surface area contributed by atoms with E-state index in [1.165, 1.54) is 6.07 Å². The third-order valence-corrected chi connectivity index (χ3v) is 4.61. The van der Waals surface area contributed by atoms with Gasteiger partial charge in [0.05, 0.1) is 0 Å². The van der Waals surface area contributed by atoms with Gasteiger partial charge < -0.3 is 16.0 Å². The highest BCUT2D eigenvalue weighted by atomic mass is 32.2. The third-order valence-electron chi connectivity index (χ3n) is 4.01. The summed E-state index contributed by atoms with van der Waals surface area (Å²) in [6.07, 6.45) is 2.00. The number of carbonyl (C=O) groups is 1. The van der Waals surface area contributed by atoms with Gasteiger partial charge >= 0.3 is 0 Å². The van der Waals surface area contributed by atoms with Gasteiger partial charge in [-0.05, 0) is 47.2 Å². The molecule has 27 heavy (non-hydrogen) atoms. The van der Waals surface area contributed by atoms with Gasteiger partial charge in [-0.2, -0.15) is 11.8 Å². The van der Waals surface area contributed by atoms with Gasteiger partial charge in [0, 0.05) is 38.5 Å². The Morgan fingerprint density at radius 1 is 1.11 bits per heavy atom. The third kappa shape index (κ3) is 6.29. The molecule has 2 aromatic carbocycles. The van der Waals surface area contributed by atoms with E-state index in [1.54, 1.807) is 44.1 Å². The Morgan fingerprint density at radius 2 is 1.89 bits per heavy atom. The van der Waals surface area contributed by atoms with E-state index in [4.69, 9.17) is 0 Å². The quantitative estimate of drug-likeness (QED) is 0.504. The van der Waals surface area contributed by atoms with Crippen molar-refractivity contribution in [2.45, 2.75) is 18.8 Å². The van der Waals surface area contributed by atoms with Crippen LogP contribution in [0.3, 0.4) is 0 Å². The molecular weight excluding hydrogens is 363 g/mol. The second-order valence-electron chi connectivity index (χ2n) is 5.90. The van der Waals surface area contributed by atoms with Crippen molar-refractivity contribution in [2.24, 2.45) is 4.99 Å². The zero-order valence-electron chi connectivity index (χ0n) is 15.8. The standard InChI is InChI=1S/C20H25FN4OS/c1-22-19(26)15-6-4-5-14(9-15)11-24-20(23-2)25-12-16-7-8-18(21)10-17(16)13-27-3/h4-10H,11-13H2,1-3H3,(H,22,26)(H2,23,24,25). The van der Waals surface area contributed by atoms with E-state index in [1.807, 2.05) is 24.5 Å². The van der Waals surface area contributed by atoms with Crippen LogP contribution < -0.4 is 16.0 Å². The summed E-state index contributed by atoms with van der Waals surface area (Å²) in [5, 5.41) is 9.10. The average molecular weight is 389 g/mol. The van der Waals surface area contributed by atoms with Crippen molar-refractivity contribution in [1.82, 2.24) is 16.0 Å². The smallest absolute Gasteiger partial charge is 0.251 e. The molecule has 0 aliphatic heterocycles. The minimum atomic E-state index is -0.221. The van der Waals surface area contributed by atoms with E-state index < -0.39 is 0 Å². The number of aliphatic imine (C=N–C) groups is 1. The summed E-state index contributed by atoms with van der Waals surface area (Å²) < 4.78 is 13.5. The van der Waals surface area contributed by atoms with Crippen LogP contribution in [0.1, 0.15) is 27.0 Å². The maximum absolute atomic E-state index is 13.5. The fraction of sp³-hybridized carbons (Fsp3) is 0.300. The Labute approximate surface area is 163 Å². The molecule has 2 aromatic rings. The first-order valence-corrected chi connectivity index (χ1v) is 9.98. The average Bonchev–Trinajstić information content (AvgIpc) is 2.69. The topological polar surface area (TPSA) is 65.5 Å². The Bertz CT molecular complexity index is 810. The van der Waals surface area contributed by atoms with E-state index in [0.29, 0.717) is 24.6 Å². The number of benzene rings is 2. The van der Waals surface area contributed by atoms with Gasteiger partial charge in [-0.1, -0.05) is 18.2 Å². The number of carbonyl (C=O) groups excluding carboxylic acids is 1. The van der Waals surface area contributed by atoms with Crippen molar-refractivity contribution < 1.29 is 9.18 Å². The zero-order valence-corrected chi connectivity index (χ0v) is 16.6. The Morgan fingerprint density at radius 3 is 2.59 bits per heavy atom. The zero-order chi connectivity index (χ0) is 19.6. The molecule has 0 fully saturated rings. The molecule has 1 amide bonds. The maximum atomic E-state index is 13.5. The van der Waals surface area contributed by atoms with E-state index in [9.17, 15) is 9.18 Å². The number of halogens is 1. The maximum Gasteiger partial charge on any atom is 0.251 e. The summed E-state index contributed by atoms with van der Waals surface area (Å²) in [5.41, 5.74) is 3.61. The highest BCUT2D eigenvalue weighted by molar-refractivity contribution is 7.97. The molecule has 144 valence electrons. The molecule has 0 saturated carbocycles. The minimum absolute atomic E-state index is 0.114. The van der Waals surface area contributed by atoms with E-state index in [0.717, 1.165) is 22.4 Å². The van der Waals surface area contributed by atoms with Gasteiger partial charge in [0.2, 0.25) is 0 Å². The second kappa shape index (κ2) is 10.6. The van der Waals surface area contributed by atoms with Gasteiger partial charge in [-0.3, -0.25) is 9.79 Å². The van der Waals surface area contributed by atoms with Gasteiger partial charge in [0.1, 0.15) is 5.82 Å². The number of thioether (sulfide) groups is 1. The molecule has 0 aromatic heterocycles. The van der Waals surface area contributed by atoms with Crippen LogP contribution in [0.5, 0.6) is 0 Å². The summed E-state index contributed by atoms with van der Waals surface area (Å²) in [5.74, 6) is 1.06. The van der Waals surface area contributed by atoms with Gasteiger partial charge in [0.25, 0.3) is 5.91 Å². The summed E-state index contributed by atoms with van der Waals surface area (Å²) in [6, 6.07) is 12.3. The number of guanidine groups is 1. The van der Waals surface area contributed by atoms with Crippen LogP contribution in [0, 0.1) is 5.82 Å². The molecule has 0 atom stereocenters. The van der Waals surface area contributed by atoms with Crippen LogP contribution in [0.15, 0.2) is 47.5 Å². The lowest BCUT2D eigenvalue weighted by molar-refractivity contribution is 0.0963. The number of nitrogens with one attached hydrogen (secondary N) is 3. The lowest BCUT2D eigenvalue weighted by Crippen LogP contribution is -2.36. The molecule has 7 heteroatoms. The molecule has 0 saturated heterocycles. The Balaban J connectivity index is 1.96. The number of rotatable bonds is 7. The molecular formula is C20H25FN4OS. The Kier molecular flexibility index (Phi) is 8.13. The fourth-order valence-corrected chi connectivity index (χ4v) is 3.19. The molecule has 3 N–H and O–H groups in total. The molecule has 0 unspecified atom stereocenters. The lowest BCUT2D eigenvalue weighted by Gasteiger charge is -2.14. The first kappa shape index (κ1) is 20.8. The van der Waals surface area contributed by atoms with E-state index >= 15 is 0 Å². The van der Waals surface area contributed by atoms with Gasteiger partial charge in [-0.25, -0.2) is 4.39 Å². The van der Waals surface area contributed by atoms with Crippen LogP contribution in [0.2, 0.25) is 0 Å². The molecule has 0 spiro atoms. The molecule has 0 heterocycles. The first-order chi connectivity index (χ1) is 13.1. The van der Waals surface area contributed by atoms with Crippen molar-refractivity contribution in [3.05, 3.63) is 70.5 Å². The summed E-state index contributed by atoms with van der Waals surface area (Å²) in [4.78, 5) is 16.0. The highest BCUT2D eigenvalue weighted by Gasteiger charge is 2.07. The predicted molar refractivity (Wildman–Crippen MR) is 110 cm³/mol. The van der Waals surface area contributed by atoms with Crippen LogP contribution >= 0.6 is 11.8 Å². The normalized spacial score (nSPS) is 11.2. The molecule has 5 nitrogen and oxygen atoms in total. The van der Waals surface area contributed by atoms with Crippen LogP contribution in [0.25, 0.3) is 0 Å². The van der Waals surface area contributed by atoms with Crippen molar-refractivity contribution in [2.75, 3.05) is 20.4 Å². The number of amides is 1. The van der Waals surface area contributed by atoms with Crippen molar-refractivity contribution >= 4 is 23.6 Å².